The van der Waals surface area contributed by atoms with E-state index >= 15 is 0 Å². The van der Waals surface area contributed by atoms with Gasteiger partial charge in [0.25, 0.3) is 0 Å². The van der Waals surface area contributed by atoms with Gasteiger partial charge in [0.1, 0.15) is 6.10 Å². The summed E-state index contributed by atoms with van der Waals surface area (Å²) in [6.45, 7) is -0.295. The third kappa shape index (κ3) is 2.28. The number of Topliss-reactive ketones (excluding diaryl/α,β-unsaturated/α-hetero) is 1. The molecule has 1 aromatic carbocycles. The van der Waals surface area contributed by atoms with Crippen LogP contribution in [0, 0.1) is 5.41 Å². The van der Waals surface area contributed by atoms with Crippen molar-refractivity contribution in [3.05, 3.63) is 60.2 Å². The van der Waals surface area contributed by atoms with Crippen LogP contribution >= 0.6 is 0 Å². The summed E-state index contributed by atoms with van der Waals surface area (Å²) in [6.07, 6.45) is 6.27. The summed E-state index contributed by atoms with van der Waals surface area (Å²) in [5.41, 5.74) is -0.442. The number of carbonyl (C=O) groups excluding carboxylic acids is 1. The van der Waals surface area contributed by atoms with Crippen LogP contribution in [0.2, 0.25) is 0 Å². The molecular formula is C15H16O3. The van der Waals surface area contributed by atoms with E-state index in [1.807, 2.05) is 18.2 Å². The highest BCUT2D eigenvalue weighted by Crippen LogP contribution is 2.33. The van der Waals surface area contributed by atoms with Crippen molar-refractivity contribution in [3.8, 4) is 0 Å². The summed E-state index contributed by atoms with van der Waals surface area (Å²) in [4.78, 5) is 12.4. The molecule has 2 atom stereocenters. The highest BCUT2D eigenvalue weighted by atomic mass is 16.3. The minimum absolute atomic E-state index is 0.295. The van der Waals surface area contributed by atoms with Crippen molar-refractivity contribution in [2.24, 2.45) is 5.41 Å². The second kappa shape index (κ2) is 5.29. The molecule has 0 heterocycles. The largest absolute Gasteiger partial charge is 0.395 e. The second-order valence-electron chi connectivity index (χ2n) is 4.48. The topological polar surface area (TPSA) is 57.5 Å². The molecule has 94 valence electrons. The summed E-state index contributed by atoms with van der Waals surface area (Å²) in [5.74, 6) is -0.364. The summed E-state index contributed by atoms with van der Waals surface area (Å²) >= 11 is 0. The predicted octanol–water partition coefficient (Wildman–Crippen LogP) is 1.78. The van der Waals surface area contributed by atoms with Crippen LogP contribution in [-0.2, 0) is 4.79 Å². The molecule has 0 aromatic heterocycles. The van der Waals surface area contributed by atoms with Gasteiger partial charge in [0.2, 0.25) is 0 Å². The zero-order chi connectivity index (χ0) is 13.0. The van der Waals surface area contributed by atoms with E-state index in [1.54, 1.807) is 36.4 Å². The van der Waals surface area contributed by atoms with Crippen molar-refractivity contribution < 1.29 is 15.0 Å². The highest BCUT2D eigenvalue weighted by molar-refractivity contribution is 5.92. The molecule has 3 heteroatoms. The van der Waals surface area contributed by atoms with Crippen LogP contribution in [0.5, 0.6) is 0 Å². The summed E-state index contributed by atoms with van der Waals surface area (Å²) in [7, 11) is 0. The zero-order valence-electron chi connectivity index (χ0n) is 9.99. The van der Waals surface area contributed by atoms with Gasteiger partial charge < -0.3 is 10.2 Å². The van der Waals surface area contributed by atoms with E-state index < -0.39 is 11.5 Å². The van der Waals surface area contributed by atoms with E-state index in [0.717, 1.165) is 0 Å². The number of aliphatic hydroxyl groups excluding tert-OH is 2. The fraction of sp³-hybridized carbons (Fsp3) is 0.267. The average molecular weight is 244 g/mol. The van der Waals surface area contributed by atoms with E-state index in [1.165, 1.54) is 0 Å². The lowest BCUT2D eigenvalue weighted by molar-refractivity contribution is -0.137. The van der Waals surface area contributed by atoms with E-state index in [0.29, 0.717) is 12.0 Å². The lowest BCUT2D eigenvalue weighted by Crippen LogP contribution is -2.37. The molecule has 2 rings (SSSR count). The molecule has 1 aliphatic rings. The number of ketones is 1. The monoisotopic (exact) mass is 244 g/mol. The number of aliphatic hydroxyl groups is 2. The minimum Gasteiger partial charge on any atom is -0.395 e. The molecule has 0 saturated carbocycles. The summed E-state index contributed by atoms with van der Waals surface area (Å²) in [5, 5.41) is 19.6. The van der Waals surface area contributed by atoms with Gasteiger partial charge in [-0.1, -0.05) is 54.6 Å². The molecule has 1 aromatic rings. The van der Waals surface area contributed by atoms with Gasteiger partial charge in [-0.3, -0.25) is 4.79 Å². The van der Waals surface area contributed by atoms with Crippen LogP contribution in [-0.4, -0.2) is 22.6 Å². The number of allylic oxidation sites excluding steroid dienone is 3. The second-order valence-corrected chi connectivity index (χ2v) is 4.48. The molecular weight excluding hydrogens is 228 g/mol. The molecule has 0 amide bonds. The molecule has 2 unspecified atom stereocenters. The highest BCUT2D eigenvalue weighted by Gasteiger charge is 2.39. The lowest BCUT2D eigenvalue weighted by atomic mass is 9.75. The van der Waals surface area contributed by atoms with E-state index in [4.69, 9.17) is 0 Å². The molecule has 2 N–H and O–H groups in total. The Kier molecular flexibility index (Phi) is 3.75. The fourth-order valence-electron chi connectivity index (χ4n) is 2.10. The third-order valence-electron chi connectivity index (χ3n) is 3.28. The van der Waals surface area contributed by atoms with Crippen molar-refractivity contribution in [1.82, 2.24) is 0 Å². The quantitative estimate of drug-likeness (QED) is 0.849. The molecule has 0 fully saturated rings. The van der Waals surface area contributed by atoms with Crippen molar-refractivity contribution in [2.45, 2.75) is 12.5 Å². The van der Waals surface area contributed by atoms with Crippen LogP contribution < -0.4 is 0 Å². The van der Waals surface area contributed by atoms with Gasteiger partial charge in [-0.2, -0.15) is 0 Å². The van der Waals surface area contributed by atoms with Gasteiger partial charge in [0.15, 0.2) is 5.78 Å². The maximum Gasteiger partial charge on any atom is 0.178 e. The van der Waals surface area contributed by atoms with Crippen LogP contribution in [0.15, 0.2) is 54.6 Å². The lowest BCUT2D eigenvalue weighted by Gasteiger charge is -2.29. The first-order valence-corrected chi connectivity index (χ1v) is 5.92. The minimum atomic E-state index is -1.20. The molecule has 0 bridgehead atoms. The van der Waals surface area contributed by atoms with Crippen LogP contribution in [0.25, 0.3) is 0 Å². The van der Waals surface area contributed by atoms with Crippen molar-refractivity contribution in [2.75, 3.05) is 6.61 Å². The van der Waals surface area contributed by atoms with Gasteiger partial charge in [-0.15, -0.1) is 0 Å². The smallest absolute Gasteiger partial charge is 0.178 e. The van der Waals surface area contributed by atoms with Gasteiger partial charge in [0, 0.05) is 0 Å². The summed E-state index contributed by atoms with van der Waals surface area (Å²) in [6, 6.07) is 8.78. The molecule has 0 radical (unpaired) electrons. The Bertz CT molecular complexity index is 476. The van der Waals surface area contributed by atoms with Crippen molar-refractivity contribution in [1.29, 1.82) is 0 Å². The molecule has 3 nitrogen and oxygen atoms in total. The Morgan fingerprint density at radius 3 is 2.56 bits per heavy atom. The number of benzene rings is 1. The maximum absolute atomic E-state index is 12.4. The van der Waals surface area contributed by atoms with E-state index in [9.17, 15) is 15.0 Å². The SMILES string of the molecule is O=C(C(O)c1ccccc1)C1(CO)C=CC=CC1. The Hall–Kier alpha value is -1.71. The van der Waals surface area contributed by atoms with Crippen LogP contribution in [0.4, 0.5) is 0 Å². The van der Waals surface area contributed by atoms with E-state index in [2.05, 4.69) is 0 Å². The Morgan fingerprint density at radius 1 is 1.28 bits per heavy atom. The number of carbonyl (C=O) groups is 1. The molecule has 18 heavy (non-hydrogen) atoms. The molecule has 0 aliphatic heterocycles. The Labute approximate surface area is 106 Å². The first-order chi connectivity index (χ1) is 8.69. The normalized spacial score (nSPS) is 23.9. The molecule has 0 saturated heterocycles. The Balaban J connectivity index is 2.25. The first kappa shape index (κ1) is 12.7. The maximum atomic E-state index is 12.4. The van der Waals surface area contributed by atoms with E-state index in [-0.39, 0.29) is 12.4 Å². The fourth-order valence-corrected chi connectivity index (χ4v) is 2.10. The Morgan fingerprint density at radius 2 is 2.00 bits per heavy atom. The molecule has 1 aliphatic carbocycles. The van der Waals surface area contributed by atoms with Crippen molar-refractivity contribution >= 4 is 5.78 Å². The zero-order valence-corrected chi connectivity index (χ0v) is 9.99. The van der Waals surface area contributed by atoms with Gasteiger partial charge in [0.05, 0.1) is 12.0 Å². The number of hydrogen-bond acceptors (Lipinski definition) is 3. The summed E-state index contributed by atoms with van der Waals surface area (Å²) < 4.78 is 0. The standard InChI is InChI=1S/C15H16O3/c16-11-15(9-5-2-6-10-15)14(18)13(17)12-7-3-1-4-8-12/h1-9,13,16-17H,10-11H2. The van der Waals surface area contributed by atoms with Gasteiger partial charge >= 0.3 is 0 Å². The number of hydrogen-bond donors (Lipinski definition) is 2. The van der Waals surface area contributed by atoms with Crippen molar-refractivity contribution in [3.63, 3.8) is 0 Å². The van der Waals surface area contributed by atoms with Gasteiger partial charge in [-0.25, -0.2) is 0 Å². The average Bonchev–Trinajstić information content (AvgIpc) is 2.47. The third-order valence-corrected chi connectivity index (χ3v) is 3.28. The molecule has 0 spiro atoms. The van der Waals surface area contributed by atoms with Crippen LogP contribution in [0.1, 0.15) is 18.1 Å². The first-order valence-electron chi connectivity index (χ1n) is 5.92. The van der Waals surface area contributed by atoms with Crippen LogP contribution in [0.3, 0.4) is 0 Å². The number of rotatable bonds is 4. The van der Waals surface area contributed by atoms with Gasteiger partial charge in [-0.05, 0) is 12.0 Å². The predicted molar refractivity (Wildman–Crippen MR) is 68.8 cm³/mol.